The number of carbonyl (C=O) groups excluding carboxylic acids is 1. The summed E-state index contributed by atoms with van der Waals surface area (Å²) >= 11 is 1.18. The Labute approximate surface area is 230 Å². The van der Waals surface area contributed by atoms with Gasteiger partial charge in [0.15, 0.2) is 11.5 Å². The first-order valence-corrected chi connectivity index (χ1v) is 13.0. The van der Waals surface area contributed by atoms with Crippen LogP contribution in [0, 0.1) is 5.92 Å². The molecular weight excluding hydrogens is 575 g/mol. The van der Waals surface area contributed by atoms with Gasteiger partial charge >= 0.3 is 18.1 Å². The number of carbonyl (C=O) groups is 2. The zero-order chi connectivity index (χ0) is 29.5. The first-order valence-electron chi connectivity index (χ1n) is 12.2. The van der Waals surface area contributed by atoms with Gasteiger partial charge in [-0.15, -0.1) is 11.3 Å². The molecule has 17 heteroatoms. The van der Waals surface area contributed by atoms with Crippen LogP contribution in [0.4, 0.5) is 33.6 Å². The van der Waals surface area contributed by atoms with Crippen molar-refractivity contribution in [3.63, 3.8) is 0 Å². The molecule has 0 saturated heterocycles. The predicted octanol–water partition coefficient (Wildman–Crippen LogP) is 3.96. The van der Waals surface area contributed by atoms with Gasteiger partial charge in [0.05, 0.1) is 22.6 Å². The maximum absolute atomic E-state index is 13.6. The predicted molar refractivity (Wildman–Crippen MR) is 134 cm³/mol. The van der Waals surface area contributed by atoms with Crippen LogP contribution in [0.2, 0.25) is 0 Å². The summed E-state index contributed by atoms with van der Waals surface area (Å²) in [5.74, 6) is -7.27. The van der Waals surface area contributed by atoms with Gasteiger partial charge in [0, 0.05) is 30.5 Å². The van der Waals surface area contributed by atoms with Crippen LogP contribution in [0.5, 0.6) is 0 Å². The molecule has 1 unspecified atom stereocenters. The molecule has 2 aliphatic rings. The summed E-state index contributed by atoms with van der Waals surface area (Å²) in [6.07, 6.45) is -5.49. The third kappa shape index (κ3) is 4.17. The Morgan fingerprint density at radius 1 is 1.27 bits per heavy atom. The number of anilines is 2. The van der Waals surface area contributed by atoms with Gasteiger partial charge in [-0.1, -0.05) is 0 Å². The van der Waals surface area contributed by atoms with Crippen LogP contribution < -0.4 is 11.1 Å². The van der Waals surface area contributed by atoms with E-state index in [1.807, 2.05) is 0 Å². The first kappa shape index (κ1) is 26.9. The Morgan fingerprint density at radius 2 is 2.02 bits per heavy atom. The van der Waals surface area contributed by atoms with Gasteiger partial charge in [0.1, 0.15) is 27.8 Å². The minimum Gasteiger partial charge on any atom is -0.481 e. The maximum atomic E-state index is 13.6. The van der Waals surface area contributed by atoms with Crippen molar-refractivity contribution in [1.82, 2.24) is 29.7 Å². The molecule has 214 valence electrons. The molecule has 3 atom stereocenters. The number of amides is 1. The number of pyridine rings is 1. The van der Waals surface area contributed by atoms with E-state index in [0.29, 0.717) is 17.1 Å². The number of hydrogen-bond acceptors (Lipinski definition) is 9. The fourth-order valence-electron chi connectivity index (χ4n) is 4.92. The third-order valence-corrected chi connectivity index (χ3v) is 8.41. The summed E-state index contributed by atoms with van der Waals surface area (Å²) in [6.45, 7) is 0.790. The van der Waals surface area contributed by atoms with Gasteiger partial charge in [0.25, 0.3) is 0 Å². The largest absolute Gasteiger partial charge is 0.481 e. The summed E-state index contributed by atoms with van der Waals surface area (Å²) in [4.78, 5) is 41.9. The van der Waals surface area contributed by atoms with Gasteiger partial charge < -0.3 is 16.2 Å². The highest BCUT2D eigenvalue weighted by Crippen LogP contribution is 2.51. The molecule has 5 heterocycles. The van der Waals surface area contributed by atoms with Gasteiger partial charge in [-0.3, -0.25) is 9.59 Å². The number of nitrogen functional groups attached to an aromatic ring is 1. The highest BCUT2D eigenvalue weighted by Gasteiger charge is 2.57. The van der Waals surface area contributed by atoms with Gasteiger partial charge in [-0.2, -0.15) is 27.1 Å². The van der Waals surface area contributed by atoms with Crippen molar-refractivity contribution in [2.45, 2.75) is 49.7 Å². The van der Waals surface area contributed by atoms with Crippen molar-refractivity contribution in [1.29, 1.82) is 0 Å². The second-order valence-electron chi connectivity index (χ2n) is 10.00. The molecule has 41 heavy (non-hydrogen) atoms. The number of nitrogens with two attached hydrogens (primary N) is 1. The van der Waals surface area contributed by atoms with E-state index in [1.165, 1.54) is 29.7 Å². The van der Waals surface area contributed by atoms with Crippen molar-refractivity contribution in [2.24, 2.45) is 5.92 Å². The number of aryl methyl sites for hydroxylation is 1. The van der Waals surface area contributed by atoms with Crippen LogP contribution >= 0.6 is 11.3 Å². The Hall–Kier alpha value is -4.28. The second-order valence-corrected chi connectivity index (χ2v) is 10.9. The molecule has 0 radical (unpaired) electrons. The molecule has 1 saturated carbocycles. The topological polar surface area (TPSA) is 162 Å². The van der Waals surface area contributed by atoms with Crippen LogP contribution in [-0.2, 0) is 21.5 Å². The lowest BCUT2D eigenvalue weighted by Crippen LogP contribution is -2.37. The molecule has 6 rings (SSSR count). The van der Waals surface area contributed by atoms with Crippen molar-refractivity contribution in [2.75, 3.05) is 11.1 Å². The molecule has 4 N–H and O–H groups in total. The maximum Gasteiger partial charge on any atom is 0.453 e. The molecule has 0 spiro atoms. The quantitative estimate of drug-likeness (QED) is 0.269. The van der Waals surface area contributed by atoms with Crippen molar-refractivity contribution >= 4 is 45.9 Å². The monoisotopic (exact) mass is 594 g/mol. The summed E-state index contributed by atoms with van der Waals surface area (Å²) in [6, 6.07) is 3.05. The molecule has 4 aromatic heterocycles. The second kappa shape index (κ2) is 8.86. The van der Waals surface area contributed by atoms with E-state index in [1.54, 1.807) is 12.3 Å². The molecule has 0 aromatic carbocycles. The number of carboxylic acid groups (broad SMARTS) is 1. The molecule has 1 aliphatic carbocycles. The van der Waals surface area contributed by atoms with Gasteiger partial charge in [-0.05, 0) is 25.5 Å². The van der Waals surface area contributed by atoms with Crippen molar-refractivity contribution < 1.29 is 36.6 Å². The number of fused-ring (bicyclic) bond motifs is 2. The number of hydrogen-bond donors (Lipinski definition) is 3. The molecule has 1 amide bonds. The van der Waals surface area contributed by atoms with Crippen molar-refractivity contribution in [3.05, 3.63) is 40.0 Å². The van der Waals surface area contributed by atoms with E-state index >= 15 is 0 Å². The average Bonchev–Trinajstić information content (AvgIpc) is 3.27. The van der Waals surface area contributed by atoms with Crippen LogP contribution in [0.3, 0.4) is 0 Å². The molecule has 1 fully saturated rings. The summed E-state index contributed by atoms with van der Waals surface area (Å²) in [7, 11) is 0. The number of nitrogens with one attached hydrogen (secondary N) is 1. The van der Waals surface area contributed by atoms with E-state index in [0.717, 1.165) is 4.68 Å². The SMILES string of the molecule is CC1(c2nc([C@@H]3C[C@H]3C(=O)O)cs2)C(=O)Nc2nc(-c3nn(CCC(F)(F)C(F)(F)F)c4ncccc34)nc(N)c21. The lowest BCUT2D eigenvalue weighted by atomic mass is 9.85. The minimum atomic E-state index is -5.72. The number of rotatable bonds is 7. The Kier molecular flexibility index (Phi) is 5.82. The van der Waals surface area contributed by atoms with Gasteiger partial charge in [-0.25, -0.2) is 24.6 Å². The Bertz CT molecular complexity index is 1740. The Morgan fingerprint density at radius 3 is 2.71 bits per heavy atom. The van der Waals surface area contributed by atoms with E-state index in [4.69, 9.17) is 5.73 Å². The summed E-state index contributed by atoms with van der Waals surface area (Å²) in [5.41, 5.74) is 5.79. The minimum absolute atomic E-state index is 0.0192. The molecule has 11 nitrogen and oxygen atoms in total. The highest BCUT2D eigenvalue weighted by atomic mass is 32.1. The standard InChI is InChI=1S/C24H19F5N8O3S/c1-22(21-32-12(8-41-21)10-7-11(10)19(38)39)13-15(30)33-17(34-16(13)35-20(22)40)14-9-3-2-5-31-18(9)37(36-14)6-4-23(25,26)24(27,28)29/h2-3,5,8,10-11H,4,6-7H2,1H3,(H,38,39)(H3,30,33,34,35,40)/t10-,11-,22?/m1/s1. The van der Waals surface area contributed by atoms with E-state index in [-0.39, 0.29) is 45.7 Å². The van der Waals surface area contributed by atoms with Crippen LogP contribution in [0.1, 0.15) is 41.9 Å². The molecular formula is C24H19F5N8O3S. The number of thiazole rings is 1. The number of aliphatic carboxylic acids is 1. The fourth-order valence-corrected chi connectivity index (χ4v) is 5.97. The Balaban J connectivity index is 1.37. The fraction of sp³-hybridized carbons (Fsp3) is 0.375. The normalized spacial score (nSPS) is 22.1. The van der Waals surface area contributed by atoms with E-state index in [2.05, 4.69) is 30.4 Å². The number of carboxylic acids is 1. The summed E-state index contributed by atoms with van der Waals surface area (Å²) < 4.78 is 66.3. The number of halogens is 5. The van der Waals surface area contributed by atoms with Crippen LogP contribution in [0.15, 0.2) is 23.7 Å². The smallest absolute Gasteiger partial charge is 0.453 e. The molecule has 1 aliphatic heterocycles. The first-order chi connectivity index (χ1) is 19.2. The van der Waals surface area contributed by atoms with E-state index < -0.39 is 48.3 Å². The van der Waals surface area contributed by atoms with Crippen molar-refractivity contribution in [3.8, 4) is 11.5 Å². The lowest BCUT2D eigenvalue weighted by Gasteiger charge is -2.20. The lowest BCUT2D eigenvalue weighted by molar-refractivity contribution is -0.285. The molecule has 0 bridgehead atoms. The number of aromatic nitrogens is 6. The van der Waals surface area contributed by atoms with Crippen LogP contribution in [-0.4, -0.2) is 58.8 Å². The van der Waals surface area contributed by atoms with Gasteiger partial charge in [0.2, 0.25) is 5.91 Å². The number of alkyl halides is 5. The number of nitrogens with zero attached hydrogens (tertiary/aromatic N) is 6. The zero-order valence-electron chi connectivity index (χ0n) is 20.9. The van der Waals surface area contributed by atoms with Crippen LogP contribution in [0.25, 0.3) is 22.6 Å². The molecule has 4 aromatic rings. The third-order valence-electron chi connectivity index (χ3n) is 7.33. The zero-order valence-corrected chi connectivity index (χ0v) is 21.7. The highest BCUT2D eigenvalue weighted by molar-refractivity contribution is 7.10. The van der Waals surface area contributed by atoms with E-state index in [9.17, 15) is 36.6 Å². The average molecular weight is 595 g/mol. The summed E-state index contributed by atoms with van der Waals surface area (Å²) in [5, 5.41) is 18.4.